The molecule has 0 saturated carbocycles. The van der Waals surface area contributed by atoms with Crippen LogP contribution in [0.15, 0.2) is 58.3 Å². The van der Waals surface area contributed by atoms with Crippen LogP contribution in [0.2, 0.25) is 0 Å². The first-order valence-corrected chi connectivity index (χ1v) is 9.43. The van der Waals surface area contributed by atoms with E-state index in [1.54, 1.807) is 6.07 Å². The zero-order valence-corrected chi connectivity index (χ0v) is 17.0. The third-order valence-electron chi connectivity index (χ3n) is 4.83. The first-order valence-electron chi connectivity index (χ1n) is 9.43. The number of aliphatic hydroxyl groups is 1. The van der Waals surface area contributed by atoms with Gasteiger partial charge in [0.05, 0.1) is 23.7 Å². The summed E-state index contributed by atoms with van der Waals surface area (Å²) in [6, 6.07) is 10.5. The van der Waals surface area contributed by atoms with Gasteiger partial charge in [0.1, 0.15) is 17.9 Å². The minimum atomic E-state index is -1.51. The number of aromatic nitrogens is 2. The first kappa shape index (κ1) is 22.4. The Hall–Kier alpha value is -4.25. The van der Waals surface area contributed by atoms with Crippen molar-refractivity contribution in [3.63, 3.8) is 0 Å². The summed E-state index contributed by atoms with van der Waals surface area (Å²) in [5, 5.41) is 27.5. The normalized spacial score (nSPS) is 10.7. The second-order valence-electron chi connectivity index (χ2n) is 6.79. The number of aromatic carboxylic acids is 1. The summed E-state index contributed by atoms with van der Waals surface area (Å²) in [6.45, 7) is 1.13. The van der Waals surface area contributed by atoms with Crippen molar-refractivity contribution >= 4 is 11.7 Å². The van der Waals surface area contributed by atoms with Crippen LogP contribution < -0.4 is 16.0 Å². The Morgan fingerprint density at radius 3 is 2.41 bits per heavy atom. The lowest BCUT2D eigenvalue weighted by molar-refractivity contribution is -0.730. The second kappa shape index (κ2) is 9.27. The Labute approximate surface area is 180 Å². The molecule has 3 N–H and O–H groups in total. The molecule has 1 heterocycles. The molecule has 0 amide bonds. The molecule has 11 nitrogen and oxygen atoms in total. The summed E-state index contributed by atoms with van der Waals surface area (Å²) in [5.41, 5.74) is -1.50. The highest BCUT2D eigenvalue weighted by atomic mass is 16.6. The number of carboxylic acids is 1. The van der Waals surface area contributed by atoms with Gasteiger partial charge in [0, 0.05) is 17.8 Å². The van der Waals surface area contributed by atoms with Crippen molar-refractivity contribution in [1.82, 2.24) is 9.13 Å². The Bertz CT molecular complexity index is 1290. The lowest BCUT2D eigenvalue weighted by Crippen LogP contribution is -2.42. The number of nitrogens with zero attached hydrogens (tertiary/aromatic N) is 3. The fraction of sp³-hybridized carbons (Fsp3) is 0.190. The van der Waals surface area contributed by atoms with Gasteiger partial charge in [-0.1, -0.05) is 12.1 Å². The van der Waals surface area contributed by atoms with Crippen molar-refractivity contribution in [2.24, 2.45) is 0 Å². The van der Waals surface area contributed by atoms with Gasteiger partial charge in [0.2, 0.25) is 0 Å². The fourth-order valence-electron chi connectivity index (χ4n) is 3.16. The average Bonchev–Trinajstić information content (AvgIpc) is 2.76. The maximum atomic E-state index is 13.1. The maximum absolute atomic E-state index is 13.1. The van der Waals surface area contributed by atoms with Gasteiger partial charge in [-0.05, 0) is 36.8 Å². The molecule has 32 heavy (non-hydrogen) atoms. The van der Waals surface area contributed by atoms with Gasteiger partial charge < -0.3 is 14.9 Å². The summed E-state index contributed by atoms with van der Waals surface area (Å²) >= 11 is 0. The van der Waals surface area contributed by atoms with Crippen LogP contribution in [0.3, 0.4) is 0 Å². The number of aliphatic hydroxyl groups excluding tert-OH is 1. The predicted octanol–water partition coefficient (Wildman–Crippen LogP) is 1.22. The van der Waals surface area contributed by atoms with Gasteiger partial charge >= 0.3 is 17.3 Å². The number of carbonyl (C=O) groups is 1. The molecule has 11 heteroatoms. The van der Waals surface area contributed by atoms with Crippen LogP contribution in [-0.4, -0.2) is 48.7 Å². The van der Waals surface area contributed by atoms with Crippen molar-refractivity contribution < 1.29 is 29.9 Å². The highest BCUT2D eigenvalue weighted by Gasteiger charge is 2.21. The van der Waals surface area contributed by atoms with E-state index in [0.717, 1.165) is 15.3 Å². The summed E-state index contributed by atoms with van der Waals surface area (Å²) < 4.78 is 7.04. The molecule has 0 saturated heterocycles. The van der Waals surface area contributed by atoms with E-state index in [2.05, 4.69) is 0 Å². The van der Waals surface area contributed by atoms with Crippen molar-refractivity contribution in [2.75, 3.05) is 13.2 Å². The molecular formula is C21H20N3O8+. The second-order valence-corrected chi connectivity index (χ2v) is 6.79. The Morgan fingerprint density at radius 1 is 1.12 bits per heavy atom. The van der Waals surface area contributed by atoms with E-state index in [0.29, 0.717) is 16.9 Å². The summed E-state index contributed by atoms with van der Waals surface area (Å²) in [7, 11) is 0. The maximum Gasteiger partial charge on any atom is 0.342 e. The third-order valence-corrected chi connectivity index (χ3v) is 4.83. The highest BCUT2D eigenvalue weighted by molar-refractivity contribution is 5.86. The molecule has 0 radical (unpaired) electrons. The Balaban J connectivity index is 2.14. The van der Waals surface area contributed by atoms with E-state index in [1.165, 1.54) is 43.3 Å². The van der Waals surface area contributed by atoms with Crippen LogP contribution in [0.1, 0.15) is 21.5 Å². The largest absolute Gasteiger partial charge is 0.491 e. The van der Waals surface area contributed by atoms with E-state index in [1.807, 2.05) is 0 Å². The lowest BCUT2D eigenvalue weighted by Gasteiger charge is -2.13. The molecule has 0 spiro atoms. The van der Waals surface area contributed by atoms with Gasteiger partial charge in [-0.2, -0.15) is 0 Å². The number of carboxylic acid groups (broad SMARTS) is 1. The van der Waals surface area contributed by atoms with Crippen LogP contribution >= 0.6 is 0 Å². The van der Waals surface area contributed by atoms with Crippen LogP contribution in [0.4, 0.5) is 5.69 Å². The van der Waals surface area contributed by atoms with E-state index in [9.17, 15) is 29.6 Å². The van der Waals surface area contributed by atoms with Crippen molar-refractivity contribution in [1.29, 1.82) is 0 Å². The van der Waals surface area contributed by atoms with E-state index in [-0.39, 0.29) is 36.1 Å². The molecule has 3 rings (SSSR count). The molecule has 3 aromatic rings. The highest BCUT2D eigenvalue weighted by Crippen LogP contribution is 2.21. The first-order chi connectivity index (χ1) is 15.2. The molecule has 0 aliphatic rings. The van der Waals surface area contributed by atoms with Crippen molar-refractivity contribution in [3.8, 4) is 11.4 Å². The fourth-order valence-corrected chi connectivity index (χ4v) is 3.16. The summed E-state index contributed by atoms with van der Waals surface area (Å²) in [5.74, 6) is -1.08. The van der Waals surface area contributed by atoms with Gasteiger partial charge in [-0.3, -0.25) is 13.9 Å². The van der Waals surface area contributed by atoms with Gasteiger partial charge in [0.15, 0.2) is 0 Å². The van der Waals surface area contributed by atoms with Crippen LogP contribution in [-0.2, 0) is 6.54 Å². The topological polar surface area (TPSA) is 151 Å². The van der Waals surface area contributed by atoms with Gasteiger partial charge in [-0.15, -0.1) is 0 Å². The van der Waals surface area contributed by atoms with Crippen molar-refractivity contribution in [3.05, 3.63) is 91.1 Å². The van der Waals surface area contributed by atoms with Crippen molar-refractivity contribution in [2.45, 2.75) is 13.5 Å². The number of hydrogen-bond donors (Lipinski definition) is 3. The molecule has 1 aromatic heterocycles. The molecule has 0 unspecified atom stereocenters. The van der Waals surface area contributed by atoms with Crippen LogP contribution in [0.5, 0.6) is 5.75 Å². The summed E-state index contributed by atoms with van der Waals surface area (Å²) in [6.07, 6.45) is 0.948. The summed E-state index contributed by atoms with van der Waals surface area (Å²) in [4.78, 5) is 48.5. The number of ether oxygens (including phenoxy) is 1. The third kappa shape index (κ3) is 4.42. The van der Waals surface area contributed by atoms with Gasteiger partial charge in [0.25, 0.3) is 10.5 Å². The molecule has 0 fully saturated rings. The molecule has 0 aliphatic carbocycles. The van der Waals surface area contributed by atoms with Gasteiger partial charge in [-0.25, -0.2) is 14.8 Å². The monoisotopic (exact) mass is 442 g/mol. The van der Waals surface area contributed by atoms with E-state index in [4.69, 9.17) is 9.84 Å². The lowest BCUT2D eigenvalue weighted by atomic mass is 10.1. The molecule has 0 bridgehead atoms. The zero-order valence-electron chi connectivity index (χ0n) is 17.0. The minimum absolute atomic E-state index is 0.0660. The van der Waals surface area contributed by atoms with E-state index < -0.39 is 22.8 Å². The number of rotatable bonds is 8. The zero-order chi connectivity index (χ0) is 23.4. The number of benzene rings is 2. The quantitative estimate of drug-likeness (QED) is 0.441. The molecule has 2 aromatic carbocycles. The molecule has 0 atom stereocenters. The van der Waals surface area contributed by atoms with E-state index >= 15 is 0 Å². The molecular weight excluding hydrogens is 422 g/mol. The molecule has 0 aliphatic heterocycles. The average molecular weight is 442 g/mol. The molecule has 166 valence electrons. The van der Waals surface area contributed by atoms with Crippen LogP contribution in [0, 0.1) is 11.8 Å². The number of hydrogen-bond acceptors (Lipinski definition) is 6. The minimum Gasteiger partial charge on any atom is -0.491 e. The Morgan fingerprint density at radius 2 is 1.81 bits per heavy atom. The van der Waals surface area contributed by atoms with Crippen LogP contribution in [0.25, 0.3) is 5.69 Å². The SMILES string of the molecule is Cc1c(Cn2c(=O)c(C(=O)O)cn(-c3ccc(OCCO)cc3)c2=O)cccc1[N+](=O)O. The predicted molar refractivity (Wildman–Crippen MR) is 111 cm³/mol. The smallest absolute Gasteiger partial charge is 0.342 e. The standard InChI is InChI=1S/C21H19N3O8/c1-13-14(3-2-4-18(13)24(30)31)11-23-19(26)17(20(27)28)12-22(21(23)29)15-5-7-16(8-6-15)32-10-9-25/h2-8,12,25H,9-11H2,1H3,(H-,27,28,30,31)/p+1. The Kier molecular flexibility index (Phi) is 6.50.